The van der Waals surface area contributed by atoms with Gasteiger partial charge in [-0.3, -0.25) is 0 Å². The van der Waals surface area contributed by atoms with Gasteiger partial charge in [-0.25, -0.2) is 9.50 Å². The lowest BCUT2D eigenvalue weighted by molar-refractivity contribution is 0.933. The molecule has 0 N–H and O–H groups in total. The Morgan fingerprint density at radius 3 is 2.69 bits per heavy atom. The quantitative estimate of drug-likeness (QED) is 0.682. The molecular formula is C12H8BrN3. The zero-order chi connectivity index (χ0) is 11.0. The van der Waals surface area contributed by atoms with Crippen molar-refractivity contribution in [1.29, 1.82) is 0 Å². The summed E-state index contributed by atoms with van der Waals surface area (Å²) < 4.78 is 2.69. The standard InChI is InChI=1S/C12H8BrN3/c13-10-6-14-12-11(7-15-16(12)8-10)9-4-2-1-3-5-9/h1-8H. The van der Waals surface area contributed by atoms with E-state index < -0.39 is 0 Å². The van der Waals surface area contributed by atoms with Crippen LogP contribution in [-0.4, -0.2) is 14.6 Å². The van der Waals surface area contributed by atoms with Crippen molar-refractivity contribution in [3.05, 3.63) is 53.4 Å². The lowest BCUT2D eigenvalue weighted by atomic mass is 10.1. The summed E-state index contributed by atoms with van der Waals surface area (Å²) in [5.74, 6) is 0. The molecule has 0 aliphatic heterocycles. The zero-order valence-electron chi connectivity index (χ0n) is 8.34. The monoisotopic (exact) mass is 273 g/mol. The summed E-state index contributed by atoms with van der Waals surface area (Å²) in [6, 6.07) is 10.1. The summed E-state index contributed by atoms with van der Waals surface area (Å²) in [7, 11) is 0. The first-order valence-electron chi connectivity index (χ1n) is 4.89. The van der Waals surface area contributed by atoms with E-state index in [9.17, 15) is 0 Å². The Bertz CT molecular complexity index is 631. The van der Waals surface area contributed by atoms with E-state index in [2.05, 4.69) is 38.1 Å². The largest absolute Gasteiger partial charge is 0.235 e. The van der Waals surface area contributed by atoms with Gasteiger partial charge in [0.05, 0.1) is 10.7 Å². The number of fused-ring (bicyclic) bond motifs is 1. The van der Waals surface area contributed by atoms with E-state index in [4.69, 9.17) is 0 Å². The maximum absolute atomic E-state index is 4.37. The second kappa shape index (κ2) is 3.72. The fourth-order valence-corrected chi connectivity index (χ4v) is 1.97. The van der Waals surface area contributed by atoms with Crippen LogP contribution in [0.25, 0.3) is 16.8 Å². The van der Waals surface area contributed by atoms with Gasteiger partial charge in [0, 0.05) is 18.0 Å². The summed E-state index contributed by atoms with van der Waals surface area (Å²) in [5, 5.41) is 4.28. The third-order valence-electron chi connectivity index (χ3n) is 2.41. The topological polar surface area (TPSA) is 30.2 Å². The van der Waals surface area contributed by atoms with Crippen molar-refractivity contribution in [1.82, 2.24) is 14.6 Å². The molecule has 0 unspecified atom stereocenters. The Labute approximate surface area is 101 Å². The molecule has 0 atom stereocenters. The first kappa shape index (κ1) is 9.54. The van der Waals surface area contributed by atoms with Crippen LogP contribution in [-0.2, 0) is 0 Å². The smallest absolute Gasteiger partial charge is 0.162 e. The summed E-state index contributed by atoms with van der Waals surface area (Å²) in [4.78, 5) is 4.37. The molecule has 0 aliphatic carbocycles. The number of aromatic nitrogens is 3. The molecule has 0 spiro atoms. The fourth-order valence-electron chi connectivity index (χ4n) is 1.67. The predicted octanol–water partition coefficient (Wildman–Crippen LogP) is 3.16. The molecule has 0 fully saturated rings. The van der Waals surface area contributed by atoms with Crippen LogP contribution in [0.4, 0.5) is 0 Å². The van der Waals surface area contributed by atoms with Crippen LogP contribution in [0.15, 0.2) is 53.4 Å². The maximum Gasteiger partial charge on any atom is 0.162 e. The first-order valence-corrected chi connectivity index (χ1v) is 5.68. The minimum absolute atomic E-state index is 0.870. The van der Waals surface area contributed by atoms with Crippen LogP contribution in [0.3, 0.4) is 0 Å². The Balaban J connectivity index is 2.26. The molecule has 1 aromatic carbocycles. The van der Waals surface area contributed by atoms with E-state index in [1.165, 1.54) is 0 Å². The number of hydrogen-bond donors (Lipinski definition) is 0. The van der Waals surface area contributed by atoms with Crippen LogP contribution >= 0.6 is 15.9 Å². The summed E-state index contributed by atoms with van der Waals surface area (Å²) in [5.41, 5.74) is 3.05. The second-order valence-corrected chi connectivity index (χ2v) is 4.38. The highest BCUT2D eigenvalue weighted by molar-refractivity contribution is 9.10. The average Bonchev–Trinajstić information content (AvgIpc) is 2.73. The van der Waals surface area contributed by atoms with Gasteiger partial charge in [-0.15, -0.1) is 0 Å². The van der Waals surface area contributed by atoms with E-state index in [1.807, 2.05) is 30.6 Å². The molecule has 0 aliphatic rings. The van der Waals surface area contributed by atoms with Gasteiger partial charge in [-0.05, 0) is 21.5 Å². The molecular weight excluding hydrogens is 266 g/mol. The second-order valence-electron chi connectivity index (χ2n) is 3.46. The zero-order valence-corrected chi connectivity index (χ0v) is 9.92. The molecule has 0 bridgehead atoms. The SMILES string of the molecule is Brc1cnc2c(-c3ccccc3)cnn2c1. The highest BCUT2D eigenvalue weighted by atomic mass is 79.9. The highest BCUT2D eigenvalue weighted by Crippen LogP contribution is 2.23. The number of halogens is 1. The molecule has 78 valence electrons. The molecule has 4 heteroatoms. The van der Waals surface area contributed by atoms with Crippen molar-refractivity contribution < 1.29 is 0 Å². The molecule has 0 radical (unpaired) electrons. The van der Waals surface area contributed by atoms with E-state index in [-0.39, 0.29) is 0 Å². The average molecular weight is 274 g/mol. The minimum Gasteiger partial charge on any atom is -0.235 e. The van der Waals surface area contributed by atoms with E-state index >= 15 is 0 Å². The highest BCUT2D eigenvalue weighted by Gasteiger charge is 2.06. The molecule has 2 aromatic heterocycles. The third-order valence-corrected chi connectivity index (χ3v) is 2.82. The Hall–Kier alpha value is -1.68. The van der Waals surface area contributed by atoms with Crippen molar-refractivity contribution in [2.75, 3.05) is 0 Å². The molecule has 3 aromatic rings. The van der Waals surface area contributed by atoms with E-state index in [1.54, 1.807) is 10.7 Å². The van der Waals surface area contributed by atoms with Crippen molar-refractivity contribution in [2.45, 2.75) is 0 Å². The number of rotatable bonds is 1. The lowest BCUT2D eigenvalue weighted by Gasteiger charge is -1.98. The van der Waals surface area contributed by atoms with Crippen LogP contribution in [0.1, 0.15) is 0 Å². The van der Waals surface area contributed by atoms with Crippen molar-refractivity contribution >= 4 is 21.6 Å². The van der Waals surface area contributed by atoms with Crippen LogP contribution < -0.4 is 0 Å². The van der Waals surface area contributed by atoms with Gasteiger partial charge in [-0.2, -0.15) is 5.10 Å². The Morgan fingerprint density at radius 1 is 1.06 bits per heavy atom. The Morgan fingerprint density at radius 2 is 1.88 bits per heavy atom. The number of nitrogens with zero attached hydrogens (tertiary/aromatic N) is 3. The summed E-state index contributed by atoms with van der Waals surface area (Å²) >= 11 is 3.37. The van der Waals surface area contributed by atoms with Gasteiger partial charge in [0.1, 0.15) is 0 Å². The van der Waals surface area contributed by atoms with Crippen molar-refractivity contribution in [3.8, 4) is 11.1 Å². The summed E-state index contributed by atoms with van der Waals surface area (Å²) in [6.07, 6.45) is 5.52. The summed E-state index contributed by atoms with van der Waals surface area (Å²) in [6.45, 7) is 0. The van der Waals surface area contributed by atoms with Crippen LogP contribution in [0.2, 0.25) is 0 Å². The van der Waals surface area contributed by atoms with Gasteiger partial charge >= 0.3 is 0 Å². The molecule has 0 amide bonds. The van der Waals surface area contributed by atoms with Gasteiger partial charge in [0.25, 0.3) is 0 Å². The number of hydrogen-bond acceptors (Lipinski definition) is 2. The first-order chi connectivity index (χ1) is 7.84. The lowest BCUT2D eigenvalue weighted by Crippen LogP contribution is -1.89. The van der Waals surface area contributed by atoms with Gasteiger partial charge in [0.15, 0.2) is 5.65 Å². The van der Waals surface area contributed by atoms with Gasteiger partial charge < -0.3 is 0 Å². The van der Waals surface area contributed by atoms with Crippen LogP contribution in [0.5, 0.6) is 0 Å². The van der Waals surface area contributed by atoms with Gasteiger partial charge in [0.2, 0.25) is 0 Å². The van der Waals surface area contributed by atoms with Crippen molar-refractivity contribution in [3.63, 3.8) is 0 Å². The molecule has 3 nitrogen and oxygen atoms in total. The van der Waals surface area contributed by atoms with Crippen molar-refractivity contribution in [2.24, 2.45) is 0 Å². The van der Waals surface area contributed by atoms with Crippen LogP contribution in [0, 0.1) is 0 Å². The maximum atomic E-state index is 4.37. The normalized spacial score (nSPS) is 10.8. The molecule has 0 saturated heterocycles. The molecule has 3 rings (SSSR count). The van der Waals surface area contributed by atoms with E-state index in [0.717, 1.165) is 21.2 Å². The van der Waals surface area contributed by atoms with Gasteiger partial charge in [-0.1, -0.05) is 30.3 Å². The Kier molecular flexibility index (Phi) is 2.22. The third kappa shape index (κ3) is 1.51. The fraction of sp³-hybridized carbons (Fsp3) is 0. The predicted molar refractivity (Wildman–Crippen MR) is 66.1 cm³/mol. The minimum atomic E-state index is 0.870. The molecule has 16 heavy (non-hydrogen) atoms. The molecule has 0 saturated carbocycles. The van der Waals surface area contributed by atoms with E-state index in [0.29, 0.717) is 0 Å². The number of benzene rings is 1. The molecule has 2 heterocycles.